The average Bonchev–Trinajstić information content (AvgIpc) is 2.16. The summed E-state index contributed by atoms with van der Waals surface area (Å²) >= 11 is 0. The van der Waals surface area contributed by atoms with Gasteiger partial charge in [-0.3, -0.25) is 0 Å². The lowest BCUT2D eigenvalue weighted by Crippen LogP contribution is -2.54. The fourth-order valence-electron chi connectivity index (χ4n) is 1.28. The van der Waals surface area contributed by atoms with Gasteiger partial charge in [-0.1, -0.05) is 6.92 Å². The Balaban J connectivity index is 4.62. The molecule has 0 aliphatic rings. The summed E-state index contributed by atoms with van der Waals surface area (Å²) in [5, 5.41) is 0. The van der Waals surface area contributed by atoms with E-state index in [0.717, 1.165) is 0 Å². The fraction of sp³-hybridized carbons (Fsp3) is 1.00. The van der Waals surface area contributed by atoms with Gasteiger partial charge >= 0.3 is 8.56 Å². The van der Waals surface area contributed by atoms with Gasteiger partial charge in [0.25, 0.3) is 6.43 Å². The first kappa shape index (κ1) is 13.9. The Bertz CT molecular complexity index is 152. The van der Waals surface area contributed by atoms with Crippen LogP contribution in [0.15, 0.2) is 0 Å². The summed E-state index contributed by atoms with van der Waals surface area (Å²) < 4.78 is 48.0. The maximum atomic E-state index is 13.3. The van der Waals surface area contributed by atoms with Crippen molar-refractivity contribution in [3.8, 4) is 0 Å². The van der Waals surface area contributed by atoms with E-state index in [1.54, 1.807) is 20.8 Å². The van der Waals surface area contributed by atoms with Crippen molar-refractivity contribution in [2.45, 2.75) is 39.0 Å². The molecule has 0 amide bonds. The van der Waals surface area contributed by atoms with E-state index in [1.807, 2.05) is 0 Å². The van der Waals surface area contributed by atoms with Crippen molar-refractivity contribution in [1.29, 1.82) is 0 Å². The van der Waals surface area contributed by atoms with Crippen molar-refractivity contribution in [2.24, 2.45) is 0 Å². The summed E-state index contributed by atoms with van der Waals surface area (Å²) in [7, 11) is -3.35. The van der Waals surface area contributed by atoms with Crippen LogP contribution in [0.5, 0.6) is 0 Å². The van der Waals surface area contributed by atoms with Crippen molar-refractivity contribution < 1.29 is 22.0 Å². The van der Waals surface area contributed by atoms with Crippen LogP contribution in [0.2, 0.25) is 6.04 Å². The number of hydrogen-bond donors (Lipinski definition) is 0. The highest BCUT2D eigenvalue weighted by atomic mass is 28.4. The molecule has 86 valence electrons. The van der Waals surface area contributed by atoms with Crippen LogP contribution in [-0.4, -0.2) is 34.0 Å². The number of alkyl halides is 3. The van der Waals surface area contributed by atoms with Gasteiger partial charge in [0, 0.05) is 13.2 Å². The fourth-order valence-corrected chi connectivity index (χ4v) is 3.84. The molecule has 0 aromatic heterocycles. The van der Waals surface area contributed by atoms with Gasteiger partial charge in [-0.25, -0.2) is 13.2 Å². The van der Waals surface area contributed by atoms with Gasteiger partial charge in [0.05, 0.1) is 0 Å². The lowest BCUT2D eigenvalue weighted by Gasteiger charge is -2.31. The Kier molecular flexibility index (Phi) is 6.38. The van der Waals surface area contributed by atoms with Crippen LogP contribution < -0.4 is 0 Å². The predicted molar refractivity (Wildman–Crippen MR) is 50.4 cm³/mol. The summed E-state index contributed by atoms with van der Waals surface area (Å²) in [6.45, 7) is 5.32. The molecule has 0 heterocycles. The third kappa shape index (κ3) is 3.25. The van der Waals surface area contributed by atoms with Gasteiger partial charge in [-0.2, -0.15) is 0 Å². The minimum Gasteiger partial charge on any atom is -0.393 e. The Morgan fingerprint density at radius 1 is 1.00 bits per heavy atom. The zero-order valence-electron chi connectivity index (χ0n) is 8.73. The minimum atomic E-state index is -3.35. The highest BCUT2D eigenvalue weighted by Crippen LogP contribution is 2.25. The van der Waals surface area contributed by atoms with Crippen LogP contribution in [0.3, 0.4) is 0 Å². The van der Waals surface area contributed by atoms with E-state index in [0.29, 0.717) is 0 Å². The van der Waals surface area contributed by atoms with Gasteiger partial charge in [0.15, 0.2) is 0 Å². The molecular formula is C8H17F3O2Si. The standard InChI is InChI=1S/C8H17F3O2Si/c1-4-12-14(6-3,13-5-2)8(11)7(9)10/h7-8H,4-6H2,1-3H3. The van der Waals surface area contributed by atoms with E-state index in [9.17, 15) is 13.2 Å². The second kappa shape index (κ2) is 6.42. The molecule has 0 aliphatic carbocycles. The highest BCUT2D eigenvalue weighted by molar-refractivity contribution is 6.68. The molecule has 0 fully saturated rings. The monoisotopic (exact) mass is 230 g/mol. The molecule has 14 heavy (non-hydrogen) atoms. The van der Waals surface area contributed by atoms with Crippen LogP contribution in [0.25, 0.3) is 0 Å². The first-order chi connectivity index (χ1) is 6.54. The quantitative estimate of drug-likeness (QED) is 0.626. The Labute approximate surface area is 83.6 Å². The molecule has 0 N–H and O–H groups in total. The van der Waals surface area contributed by atoms with Gasteiger partial charge in [-0.05, 0) is 19.9 Å². The molecule has 0 aromatic rings. The molecule has 0 saturated heterocycles. The maximum absolute atomic E-state index is 13.3. The predicted octanol–water partition coefficient (Wildman–Crippen LogP) is 2.66. The van der Waals surface area contributed by atoms with Gasteiger partial charge in [-0.15, -0.1) is 0 Å². The van der Waals surface area contributed by atoms with Crippen molar-refractivity contribution in [2.75, 3.05) is 13.2 Å². The molecule has 0 bridgehead atoms. The average molecular weight is 230 g/mol. The topological polar surface area (TPSA) is 18.5 Å². The molecule has 0 rings (SSSR count). The van der Waals surface area contributed by atoms with E-state index in [-0.39, 0.29) is 19.3 Å². The normalized spacial score (nSPS) is 14.8. The SMILES string of the molecule is CCO[Si](CC)(OCC)C(F)C(F)F. The third-order valence-electron chi connectivity index (χ3n) is 1.91. The molecule has 6 heteroatoms. The van der Waals surface area contributed by atoms with Crippen LogP contribution >= 0.6 is 0 Å². The molecule has 0 saturated carbocycles. The Morgan fingerprint density at radius 3 is 1.64 bits per heavy atom. The third-order valence-corrected chi connectivity index (χ3v) is 5.54. The van der Waals surface area contributed by atoms with Gasteiger partial charge < -0.3 is 8.85 Å². The van der Waals surface area contributed by atoms with E-state index in [1.165, 1.54) is 0 Å². The Morgan fingerprint density at radius 2 is 1.43 bits per heavy atom. The molecule has 0 aliphatic heterocycles. The van der Waals surface area contributed by atoms with Crippen molar-refractivity contribution >= 4 is 8.56 Å². The van der Waals surface area contributed by atoms with Crippen molar-refractivity contribution in [3.05, 3.63) is 0 Å². The lowest BCUT2D eigenvalue weighted by atomic mass is 10.8. The molecule has 0 radical (unpaired) electrons. The van der Waals surface area contributed by atoms with Crippen LogP contribution in [-0.2, 0) is 8.85 Å². The van der Waals surface area contributed by atoms with E-state index < -0.39 is 20.8 Å². The minimum absolute atomic E-state index is 0.195. The maximum Gasteiger partial charge on any atom is 0.379 e. The summed E-state index contributed by atoms with van der Waals surface area (Å²) in [6, 6.07) is 0.195. The van der Waals surface area contributed by atoms with Crippen molar-refractivity contribution in [1.82, 2.24) is 0 Å². The summed E-state index contributed by atoms with van der Waals surface area (Å²) in [5.74, 6) is -2.27. The van der Waals surface area contributed by atoms with E-state index in [2.05, 4.69) is 0 Å². The smallest absolute Gasteiger partial charge is 0.379 e. The summed E-state index contributed by atoms with van der Waals surface area (Å²) in [6.07, 6.45) is -3.03. The summed E-state index contributed by atoms with van der Waals surface area (Å²) in [5.41, 5.74) is 0. The zero-order valence-corrected chi connectivity index (χ0v) is 9.73. The first-order valence-corrected chi connectivity index (χ1v) is 6.84. The lowest BCUT2D eigenvalue weighted by molar-refractivity contribution is 0.0453. The largest absolute Gasteiger partial charge is 0.393 e. The molecule has 0 spiro atoms. The van der Waals surface area contributed by atoms with E-state index >= 15 is 0 Å². The number of halogens is 3. The van der Waals surface area contributed by atoms with Gasteiger partial charge in [0.1, 0.15) is 0 Å². The van der Waals surface area contributed by atoms with Crippen LogP contribution in [0, 0.1) is 0 Å². The number of rotatable bonds is 7. The molecule has 0 aromatic carbocycles. The van der Waals surface area contributed by atoms with E-state index in [4.69, 9.17) is 8.85 Å². The molecule has 2 nitrogen and oxygen atoms in total. The molecule has 1 atom stereocenters. The Hall–Kier alpha value is -0.0731. The van der Waals surface area contributed by atoms with Crippen LogP contribution in [0.1, 0.15) is 20.8 Å². The summed E-state index contributed by atoms with van der Waals surface area (Å²) in [4.78, 5) is 0. The molecular weight excluding hydrogens is 213 g/mol. The van der Waals surface area contributed by atoms with Crippen molar-refractivity contribution in [3.63, 3.8) is 0 Å². The highest BCUT2D eigenvalue weighted by Gasteiger charge is 2.50. The first-order valence-electron chi connectivity index (χ1n) is 4.74. The second-order valence-corrected chi connectivity index (χ2v) is 6.23. The number of hydrogen-bond acceptors (Lipinski definition) is 2. The molecule has 1 unspecified atom stereocenters. The zero-order chi connectivity index (χ0) is 11.2. The van der Waals surface area contributed by atoms with Gasteiger partial charge in [0.2, 0.25) is 5.79 Å². The second-order valence-electron chi connectivity index (χ2n) is 2.77. The van der Waals surface area contributed by atoms with Crippen LogP contribution in [0.4, 0.5) is 13.2 Å².